The van der Waals surface area contributed by atoms with Gasteiger partial charge in [0.25, 0.3) is 5.91 Å². The summed E-state index contributed by atoms with van der Waals surface area (Å²) in [5.74, 6) is 0.0209. The monoisotopic (exact) mass is 304 g/mol. The van der Waals surface area contributed by atoms with Crippen LogP contribution in [0.25, 0.3) is 0 Å². The molecule has 1 aliphatic heterocycles. The van der Waals surface area contributed by atoms with Crippen LogP contribution in [0.4, 0.5) is 4.79 Å². The summed E-state index contributed by atoms with van der Waals surface area (Å²) in [4.78, 5) is 27.9. The van der Waals surface area contributed by atoms with Crippen LogP contribution in [0.15, 0.2) is 24.3 Å². The van der Waals surface area contributed by atoms with Gasteiger partial charge in [0.1, 0.15) is 5.60 Å². The Labute approximate surface area is 131 Å². The molecule has 0 radical (unpaired) electrons. The van der Waals surface area contributed by atoms with E-state index >= 15 is 0 Å². The first-order valence-electron chi connectivity index (χ1n) is 7.60. The molecule has 22 heavy (non-hydrogen) atoms. The lowest BCUT2D eigenvalue weighted by Crippen LogP contribution is -2.51. The second kappa shape index (κ2) is 6.38. The first-order chi connectivity index (χ1) is 10.3. The van der Waals surface area contributed by atoms with Crippen LogP contribution in [-0.4, -0.2) is 53.6 Å². The van der Waals surface area contributed by atoms with Crippen LogP contribution < -0.4 is 0 Å². The molecule has 5 nitrogen and oxygen atoms in total. The highest BCUT2D eigenvalue weighted by atomic mass is 16.6. The van der Waals surface area contributed by atoms with E-state index < -0.39 is 5.60 Å². The van der Waals surface area contributed by atoms with Gasteiger partial charge in [-0.2, -0.15) is 0 Å². The molecule has 1 aliphatic rings. The molecule has 2 amide bonds. The van der Waals surface area contributed by atoms with Gasteiger partial charge in [-0.3, -0.25) is 4.79 Å². The predicted molar refractivity (Wildman–Crippen MR) is 84.9 cm³/mol. The van der Waals surface area contributed by atoms with Crippen molar-refractivity contribution in [3.63, 3.8) is 0 Å². The number of aryl methyl sites for hydroxylation is 1. The number of amides is 2. The van der Waals surface area contributed by atoms with Crippen LogP contribution in [0.1, 0.15) is 36.7 Å². The summed E-state index contributed by atoms with van der Waals surface area (Å²) in [6.45, 7) is 9.60. The van der Waals surface area contributed by atoms with E-state index in [-0.39, 0.29) is 12.0 Å². The maximum atomic E-state index is 12.4. The predicted octanol–water partition coefficient (Wildman–Crippen LogP) is 2.69. The molecular formula is C17H24N2O3. The zero-order valence-corrected chi connectivity index (χ0v) is 13.8. The molecule has 0 bridgehead atoms. The Kier molecular flexibility index (Phi) is 4.74. The van der Waals surface area contributed by atoms with E-state index in [1.165, 1.54) is 0 Å². The second-order valence-electron chi connectivity index (χ2n) is 6.63. The Balaban J connectivity index is 1.92. The molecule has 0 atom stereocenters. The minimum absolute atomic E-state index is 0.0209. The van der Waals surface area contributed by atoms with E-state index in [1.807, 2.05) is 52.0 Å². The smallest absolute Gasteiger partial charge is 0.410 e. The first-order valence-corrected chi connectivity index (χ1v) is 7.60. The molecule has 1 heterocycles. The normalized spacial score (nSPS) is 15.6. The summed E-state index contributed by atoms with van der Waals surface area (Å²) in [7, 11) is 0. The van der Waals surface area contributed by atoms with Crippen molar-refractivity contribution < 1.29 is 14.3 Å². The van der Waals surface area contributed by atoms with Crippen molar-refractivity contribution in [1.29, 1.82) is 0 Å². The van der Waals surface area contributed by atoms with Gasteiger partial charge in [-0.05, 0) is 39.8 Å². The van der Waals surface area contributed by atoms with E-state index in [9.17, 15) is 9.59 Å². The zero-order valence-electron chi connectivity index (χ0n) is 13.8. The van der Waals surface area contributed by atoms with Crippen LogP contribution in [0.5, 0.6) is 0 Å². The van der Waals surface area contributed by atoms with E-state index in [2.05, 4.69) is 0 Å². The number of carbonyl (C=O) groups is 2. The molecule has 0 unspecified atom stereocenters. The molecule has 0 aliphatic carbocycles. The van der Waals surface area contributed by atoms with Gasteiger partial charge in [0.15, 0.2) is 0 Å². The number of ether oxygens (including phenoxy) is 1. The molecule has 0 spiro atoms. The van der Waals surface area contributed by atoms with Crippen molar-refractivity contribution in [2.45, 2.75) is 33.3 Å². The Morgan fingerprint density at radius 1 is 1.05 bits per heavy atom. The fraction of sp³-hybridized carbons (Fsp3) is 0.529. The van der Waals surface area contributed by atoms with Crippen LogP contribution in [0.3, 0.4) is 0 Å². The minimum Gasteiger partial charge on any atom is -0.444 e. The average Bonchev–Trinajstić information content (AvgIpc) is 2.45. The molecule has 1 aromatic carbocycles. The molecule has 1 fully saturated rings. The molecule has 0 aromatic heterocycles. The number of rotatable bonds is 1. The maximum absolute atomic E-state index is 12.4. The molecule has 5 heteroatoms. The third-order valence-corrected chi connectivity index (χ3v) is 3.48. The van der Waals surface area contributed by atoms with Gasteiger partial charge in [-0.25, -0.2) is 4.79 Å². The lowest BCUT2D eigenvalue weighted by atomic mass is 10.1. The fourth-order valence-corrected chi connectivity index (χ4v) is 2.38. The third-order valence-electron chi connectivity index (χ3n) is 3.48. The third kappa shape index (κ3) is 4.23. The number of hydrogen-bond donors (Lipinski definition) is 0. The summed E-state index contributed by atoms with van der Waals surface area (Å²) < 4.78 is 5.36. The van der Waals surface area contributed by atoms with Gasteiger partial charge in [0.05, 0.1) is 0 Å². The van der Waals surface area contributed by atoms with Crippen LogP contribution in [0, 0.1) is 6.92 Å². The van der Waals surface area contributed by atoms with Crippen molar-refractivity contribution in [2.24, 2.45) is 0 Å². The summed E-state index contributed by atoms with van der Waals surface area (Å²) in [6, 6.07) is 7.58. The molecule has 1 saturated heterocycles. The number of benzene rings is 1. The molecule has 0 N–H and O–H groups in total. The van der Waals surface area contributed by atoms with Crippen LogP contribution in [0.2, 0.25) is 0 Å². The lowest BCUT2D eigenvalue weighted by Gasteiger charge is -2.35. The molecule has 0 saturated carbocycles. The van der Waals surface area contributed by atoms with Crippen molar-refractivity contribution in [3.05, 3.63) is 35.4 Å². The van der Waals surface area contributed by atoms with Crippen molar-refractivity contribution in [3.8, 4) is 0 Å². The summed E-state index contributed by atoms with van der Waals surface area (Å²) in [5.41, 5.74) is 1.27. The highest BCUT2D eigenvalue weighted by Crippen LogP contribution is 2.14. The van der Waals surface area contributed by atoms with Gasteiger partial charge in [0.2, 0.25) is 0 Å². The molecule has 120 valence electrons. The number of piperazine rings is 1. The van der Waals surface area contributed by atoms with E-state index in [0.29, 0.717) is 31.7 Å². The topological polar surface area (TPSA) is 49.9 Å². The maximum Gasteiger partial charge on any atom is 0.410 e. The van der Waals surface area contributed by atoms with Crippen molar-refractivity contribution >= 4 is 12.0 Å². The number of hydrogen-bond acceptors (Lipinski definition) is 3. The van der Waals surface area contributed by atoms with Gasteiger partial charge >= 0.3 is 6.09 Å². The lowest BCUT2D eigenvalue weighted by molar-refractivity contribution is 0.0141. The SMILES string of the molecule is Cc1cccc(C(=O)N2CCN(C(=O)OC(C)(C)C)CC2)c1. The van der Waals surface area contributed by atoms with Crippen molar-refractivity contribution in [1.82, 2.24) is 9.80 Å². The van der Waals surface area contributed by atoms with Gasteiger partial charge < -0.3 is 14.5 Å². The Bertz CT molecular complexity index is 555. The zero-order chi connectivity index (χ0) is 16.3. The molecule has 1 aromatic rings. The summed E-state index contributed by atoms with van der Waals surface area (Å²) in [5, 5.41) is 0. The van der Waals surface area contributed by atoms with Crippen LogP contribution >= 0.6 is 0 Å². The van der Waals surface area contributed by atoms with Crippen molar-refractivity contribution in [2.75, 3.05) is 26.2 Å². The van der Waals surface area contributed by atoms with E-state index in [4.69, 9.17) is 4.74 Å². The van der Waals surface area contributed by atoms with Gasteiger partial charge in [-0.15, -0.1) is 0 Å². The standard InChI is InChI=1S/C17H24N2O3/c1-13-6-5-7-14(12-13)15(20)18-8-10-19(11-9-18)16(21)22-17(2,3)4/h5-7,12H,8-11H2,1-4H3. The quantitative estimate of drug-likeness (QED) is 0.801. The first kappa shape index (κ1) is 16.3. The Morgan fingerprint density at radius 3 is 2.18 bits per heavy atom. The summed E-state index contributed by atoms with van der Waals surface area (Å²) in [6.07, 6.45) is -0.310. The number of nitrogens with zero attached hydrogens (tertiary/aromatic N) is 2. The highest BCUT2D eigenvalue weighted by Gasteiger charge is 2.27. The van der Waals surface area contributed by atoms with Crippen LogP contribution in [-0.2, 0) is 4.74 Å². The van der Waals surface area contributed by atoms with Gasteiger partial charge in [-0.1, -0.05) is 17.7 Å². The average molecular weight is 304 g/mol. The molecule has 2 rings (SSSR count). The van der Waals surface area contributed by atoms with E-state index in [1.54, 1.807) is 9.80 Å². The molecular weight excluding hydrogens is 280 g/mol. The summed E-state index contributed by atoms with van der Waals surface area (Å²) >= 11 is 0. The van der Waals surface area contributed by atoms with Gasteiger partial charge in [0, 0.05) is 31.7 Å². The largest absolute Gasteiger partial charge is 0.444 e. The Hall–Kier alpha value is -2.04. The minimum atomic E-state index is -0.494. The second-order valence-corrected chi connectivity index (χ2v) is 6.63. The fourth-order valence-electron chi connectivity index (χ4n) is 2.38. The van der Waals surface area contributed by atoms with E-state index in [0.717, 1.165) is 5.56 Å². The highest BCUT2D eigenvalue weighted by molar-refractivity contribution is 5.94. The Morgan fingerprint density at radius 2 is 1.64 bits per heavy atom. The number of carbonyl (C=O) groups excluding carboxylic acids is 2.